The summed E-state index contributed by atoms with van der Waals surface area (Å²) in [6, 6.07) is 0.806. The first kappa shape index (κ1) is 10.5. The van der Waals surface area contributed by atoms with E-state index in [-0.39, 0.29) is 5.91 Å². The van der Waals surface area contributed by atoms with Gasteiger partial charge in [0.1, 0.15) is 0 Å². The zero-order valence-electron chi connectivity index (χ0n) is 8.42. The largest absolute Gasteiger partial charge is 0.345 e. The Hall–Kier alpha value is -0.610. The van der Waals surface area contributed by atoms with Crippen LogP contribution in [0, 0.1) is 0 Å². The van der Waals surface area contributed by atoms with Gasteiger partial charge < -0.3 is 16.0 Å². The van der Waals surface area contributed by atoms with E-state index in [1.807, 2.05) is 14.0 Å². The lowest BCUT2D eigenvalue weighted by Crippen LogP contribution is -2.50. The second-order valence-electron chi connectivity index (χ2n) is 3.72. The lowest BCUT2D eigenvalue weighted by molar-refractivity contribution is -0.129. The molecule has 0 aromatic rings. The summed E-state index contributed by atoms with van der Waals surface area (Å²) in [5.74, 6) is 0.156. The molecule has 3 N–H and O–H groups in total. The topological polar surface area (TPSA) is 58.4 Å². The van der Waals surface area contributed by atoms with Crippen molar-refractivity contribution in [3.8, 4) is 0 Å². The predicted octanol–water partition coefficient (Wildman–Crippen LogP) is -0.456. The molecule has 1 rings (SSSR count). The molecule has 0 atom stereocenters. The van der Waals surface area contributed by atoms with Gasteiger partial charge in [-0.15, -0.1) is 0 Å². The van der Waals surface area contributed by atoms with Gasteiger partial charge in [0.25, 0.3) is 0 Å². The molecule has 0 radical (unpaired) electrons. The van der Waals surface area contributed by atoms with E-state index < -0.39 is 0 Å². The summed E-state index contributed by atoms with van der Waals surface area (Å²) in [6.07, 6.45) is 2.01. The quantitative estimate of drug-likeness (QED) is 0.623. The molecule has 0 saturated heterocycles. The molecule has 13 heavy (non-hydrogen) atoms. The lowest BCUT2D eigenvalue weighted by atomic mass is 9.88. The first-order valence-corrected chi connectivity index (χ1v) is 4.86. The Balaban J connectivity index is 2.09. The van der Waals surface area contributed by atoms with E-state index in [1.165, 1.54) is 0 Å². The molecule has 1 fully saturated rings. The molecule has 0 spiro atoms. The minimum absolute atomic E-state index is 0.156. The Kier molecular flexibility index (Phi) is 3.69. The summed E-state index contributed by atoms with van der Waals surface area (Å²) < 4.78 is 0. The number of rotatable bonds is 4. The number of hydrogen-bond acceptors (Lipinski definition) is 3. The van der Waals surface area contributed by atoms with Crippen LogP contribution in [0.3, 0.4) is 0 Å². The van der Waals surface area contributed by atoms with Gasteiger partial charge in [0.15, 0.2) is 0 Å². The van der Waals surface area contributed by atoms with E-state index in [0.29, 0.717) is 18.6 Å². The van der Waals surface area contributed by atoms with Crippen molar-refractivity contribution < 1.29 is 4.79 Å². The summed E-state index contributed by atoms with van der Waals surface area (Å²) in [6.45, 7) is 3.18. The Morgan fingerprint density at radius 1 is 1.62 bits per heavy atom. The summed E-state index contributed by atoms with van der Waals surface area (Å²) in [7, 11) is 1.82. The van der Waals surface area contributed by atoms with Gasteiger partial charge in [-0.2, -0.15) is 0 Å². The number of nitrogens with zero attached hydrogens (tertiary/aromatic N) is 1. The van der Waals surface area contributed by atoms with Crippen LogP contribution in [0.1, 0.15) is 19.8 Å². The van der Waals surface area contributed by atoms with E-state index in [2.05, 4.69) is 5.32 Å². The van der Waals surface area contributed by atoms with Crippen molar-refractivity contribution >= 4 is 5.91 Å². The molecular weight excluding hydrogens is 166 g/mol. The third-order valence-electron chi connectivity index (χ3n) is 2.62. The van der Waals surface area contributed by atoms with Gasteiger partial charge in [-0.1, -0.05) is 0 Å². The maximum absolute atomic E-state index is 11.3. The number of hydrogen-bond donors (Lipinski definition) is 2. The Morgan fingerprint density at radius 2 is 2.23 bits per heavy atom. The molecule has 0 heterocycles. The van der Waals surface area contributed by atoms with Gasteiger partial charge in [-0.05, 0) is 19.8 Å². The lowest BCUT2D eigenvalue weighted by Gasteiger charge is -2.33. The van der Waals surface area contributed by atoms with Crippen LogP contribution in [0.25, 0.3) is 0 Å². The molecule has 0 aliphatic heterocycles. The molecule has 4 heteroatoms. The highest BCUT2D eigenvalue weighted by molar-refractivity contribution is 5.77. The molecule has 1 aliphatic rings. The average molecular weight is 185 g/mol. The van der Waals surface area contributed by atoms with Gasteiger partial charge in [-0.3, -0.25) is 4.79 Å². The first-order chi connectivity index (χ1) is 6.13. The van der Waals surface area contributed by atoms with Crippen LogP contribution in [-0.2, 0) is 4.79 Å². The second-order valence-corrected chi connectivity index (χ2v) is 3.72. The van der Waals surface area contributed by atoms with Crippen molar-refractivity contribution in [2.45, 2.75) is 31.8 Å². The minimum atomic E-state index is 0.156. The normalized spacial score (nSPS) is 26.7. The van der Waals surface area contributed by atoms with Crippen LogP contribution < -0.4 is 11.1 Å². The molecule has 0 unspecified atom stereocenters. The van der Waals surface area contributed by atoms with Crippen molar-refractivity contribution in [1.82, 2.24) is 10.2 Å². The molecule has 4 nitrogen and oxygen atoms in total. The van der Waals surface area contributed by atoms with E-state index in [1.54, 1.807) is 4.90 Å². The van der Waals surface area contributed by atoms with E-state index in [9.17, 15) is 4.79 Å². The van der Waals surface area contributed by atoms with Gasteiger partial charge >= 0.3 is 0 Å². The molecular formula is C9H19N3O. The number of amides is 1. The van der Waals surface area contributed by atoms with Crippen LogP contribution in [0.5, 0.6) is 0 Å². The fraction of sp³-hybridized carbons (Fsp3) is 0.889. The Labute approximate surface area is 79.5 Å². The Bertz CT molecular complexity index is 178. The zero-order valence-corrected chi connectivity index (χ0v) is 8.42. The van der Waals surface area contributed by atoms with Crippen molar-refractivity contribution in [3.63, 3.8) is 0 Å². The average Bonchev–Trinajstić information content (AvgIpc) is 2.08. The maximum atomic E-state index is 11.3. The van der Waals surface area contributed by atoms with Gasteiger partial charge in [0, 0.05) is 25.7 Å². The van der Waals surface area contributed by atoms with E-state index in [0.717, 1.165) is 19.4 Å². The minimum Gasteiger partial charge on any atom is -0.345 e. The molecule has 1 amide bonds. The maximum Gasteiger partial charge on any atom is 0.236 e. The molecule has 0 aromatic carbocycles. The van der Waals surface area contributed by atoms with Gasteiger partial charge in [0.2, 0.25) is 5.91 Å². The summed E-state index contributed by atoms with van der Waals surface area (Å²) in [5, 5.41) is 3.19. The zero-order chi connectivity index (χ0) is 9.84. The smallest absolute Gasteiger partial charge is 0.236 e. The van der Waals surface area contributed by atoms with Crippen molar-refractivity contribution in [1.29, 1.82) is 0 Å². The fourth-order valence-electron chi connectivity index (χ4n) is 1.37. The third kappa shape index (κ3) is 2.97. The monoisotopic (exact) mass is 185 g/mol. The van der Waals surface area contributed by atoms with Crippen LogP contribution in [-0.4, -0.2) is 43.0 Å². The number of nitrogens with two attached hydrogens (primary N) is 1. The van der Waals surface area contributed by atoms with Crippen LogP contribution in [0.2, 0.25) is 0 Å². The summed E-state index contributed by atoms with van der Waals surface area (Å²) in [5.41, 5.74) is 5.63. The fourth-order valence-corrected chi connectivity index (χ4v) is 1.37. The third-order valence-corrected chi connectivity index (χ3v) is 2.62. The van der Waals surface area contributed by atoms with E-state index in [4.69, 9.17) is 5.73 Å². The highest BCUT2D eigenvalue weighted by Crippen LogP contribution is 2.16. The van der Waals surface area contributed by atoms with Crippen LogP contribution >= 0.6 is 0 Å². The molecule has 1 aliphatic carbocycles. The van der Waals surface area contributed by atoms with E-state index >= 15 is 0 Å². The van der Waals surface area contributed by atoms with Gasteiger partial charge in [0.05, 0.1) is 6.54 Å². The highest BCUT2D eigenvalue weighted by Gasteiger charge is 2.25. The van der Waals surface area contributed by atoms with Crippen molar-refractivity contribution in [2.24, 2.45) is 5.73 Å². The number of nitrogens with one attached hydrogen (secondary N) is 1. The standard InChI is InChI=1S/C9H19N3O/c1-3-12(2)9(13)6-11-8-4-7(10)5-8/h7-8,11H,3-6,10H2,1-2H3. The van der Waals surface area contributed by atoms with Crippen LogP contribution in [0.15, 0.2) is 0 Å². The number of likely N-dealkylation sites (N-methyl/N-ethyl adjacent to an activating group) is 1. The molecule has 0 bridgehead atoms. The van der Waals surface area contributed by atoms with Gasteiger partial charge in [-0.25, -0.2) is 0 Å². The molecule has 0 aromatic heterocycles. The number of carbonyl (C=O) groups excluding carboxylic acids is 1. The van der Waals surface area contributed by atoms with Crippen molar-refractivity contribution in [2.75, 3.05) is 20.1 Å². The summed E-state index contributed by atoms with van der Waals surface area (Å²) >= 11 is 0. The highest BCUT2D eigenvalue weighted by atomic mass is 16.2. The SMILES string of the molecule is CCN(C)C(=O)CNC1CC(N)C1. The van der Waals surface area contributed by atoms with Crippen molar-refractivity contribution in [3.05, 3.63) is 0 Å². The summed E-state index contributed by atoms with van der Waals surface area (Å²) in [4.78, 5) is 13.0. The van der Waals surface area contributed by atoms with Crippen LogP contribution in [0.4, 0.5) is 0 Å². The second kappa shape index (κ2) is 4.58. The number of carbonyl (C=O) groups is 1. The molecule has 76 valence electrons. The molecule has 1 saturated carbocycles. The first-order valence-electron chi connectivity index (χ1n) is 4.86. The predicted molar refractivity (Wildman–Crippen MR) is 52.3 cm³/mol. The Morgan fingerprint density at radius 3 is 2.69 bits per heavy atom.